The van der Waals surface area contributed by atoms with Gasteiger partial charge in [-0.2, -0.15) is 0 Å². The van der Waals surface area contributed by atoms with E-state index in [1.165, 1.54) is 12.1 Å². The van der Waals surface area contributed by atoms with E-state index in [9.17, 15) is 9.18 Å². The maximum absolute atomic E-state index is 13.4. The van der Waals surface area contributed by atoms with Crippen molar-refractivity contribution in [3.63, 3.8) is 0 Å². The first-order chi connectivity index (χ1) is 13.4. The van der Waals surface area contributed by atoms with Crippen molar-refractivity contribution in [1.29, 1.82) is 0 Å². The second kappa shape index (κ2) is 8.80. The van der Waals surface area contributed by atoms with Gasteiger partial charge in [0.1, 0.15) is 11.6 Å². The topological polar surface area (TPSA) is 58.4 Å². The lowest BCUT2D eigenvalue weighted by molar-refractivity contribution is -0.120. The Labute approximate surface area is 164 Å². The number of oxazole rings is 1. The molecule has 1 unspecified atom stereocenters. The van der Waals surface area contributed by atoms with Gasteiger partial charge < -0.3 is 14.6 Å². The van der Waals surface area contributed by atoms with Crippen LogP contribution in [0.2, 0.25) is 0 Å². The minimum atomic E-state index is -0.358. The summed E-state index contributed by atoms with van der Waals surface area (Å²) in [5.74, 6) is 0.380. The molecule has 0 radical (unpaired) electrons. The van der Waals surface area contributed by atoms with Gasteiger partial charge in [-0.25, -0.2) is 9.37 Å². The number of carbonyl (C=O) groups is 1. The standard InChI is InChI=1S/C22H24FN3O2/c1-15-19(25-22(28-15)17-10-7-11-18(23)12-17)13-21(27)24-14-20(26(2)3)16-8-5-4-6-9-16/h4-12,20H,13-14H2,1-3H3,(H,24,27). The number of amides is 1. The van der Waals surface area contributed by atoms with Crippen molar-refractivity contribution < 1.29 is 13.6 Å². The van der Waals surface area contributed by atoms with Gasteiger partial charge in [-0.1, -0.05) is 36.4 Å². The Balaban J connectivity index is 1.65. The molecule has 28 heavy (non-hydrogen) atoms. The summed E-state index contributed by atoms with van der Waals surface area (Å²) in [6.45, 7) is 2.24. The van der Waals surface area contributed by atoms with Gasteiger partial charge in [0.25, 0.3) is 0 Å². The summed E-state index contributed by atoms with van der Waals surface area (Å²) in [6.07, 6.45) is 0.111. The lowest BCUT2D eigenvalue weighted by Gasteiger charge is -2.25. The van der Waals surface area contributed by atoms with E-state index in [1.54, 1.807) is 19.1 Å². The molecule has 2 aromatic carbocycles. The van der Waals surface area contributed by atoms with Crippen molar-refractivity contribution in [3.05, 3.63) is 77.4 Å². The second-order valence-electron chi connectivity index (χ2n) is 6.90. The van der Waals surface area contributed by atoms with E-state index in [0.29, 0.717) is 29.5 Å². The lowest BCUT2D eigenvalue weighted by Crippen LogP contribution is -2.35. The Morgan fingerprint density at radius 3 is 2.61 bits per heavy atom. The molecular weight excluding hydrogens is 357 g/mol. The molecule has 0 fully saturated rings. The average Bonchev–Trinajstić information content (AvgIpc) is 3.03. The van der Waals surface area contributed by atoms with Crippen LogP contribution in [0.3, 0.4) is 0 Å². The second-order valence-corrected chi connectivity index (χ2v) is 6.90. The summed E-state index contributed by atoms with van der Waals surface area (Å²) in [7, 11) is 3.97. The number of hydrogen-bond acceptors (Lipinski definition) is 4. The average molecular weight is 381 g/mol. The Morgan fingerprint density at radius 2 is 1.93 bits per heavy atom. The largest absolute Gasteiger partial charge is 0.441 e. The van der Waals surface area contributed by atoms with Crippen LogP contribution in [0.25, 0.3) is 11.5 Å². The molecule has 1 atom stereocenters. The molecule has 1 aromatic heterocycles. The number of likely N-dealkylation sites (N-methyl/N-ethyl adjacent to an activating group) is 1. The number of nitrogens with zero attached hydrogens (tertiary/aromatic N) is 2. The van der Waals surface area contributed by atoms with Gasteiger partial charge in [0.05, 0.1) is 18.2 Å². The third kappa shape index (κ3) is 4.84. The molecule has 0 bridgehead atoms. The molecule has 3 rings (SSSR count). The van der Waals surface area contributed by atoms with Gasteiger partial charge in [0.2, 0.25) is 11.8 Å². The highest BCUT2D eigenvalue weighted by molar-refractivity contribution is 5.78. The number of benzene rings is 2. The number of nitrogens with one attached hydrogen (secondary N) is 1. The van der Waals surface area contributed by atoms with Crippen LogP contribution in [0.1, 0.15) is 23.1 Å². The fraction of sp³-hybridized carbons (Fsp3) is 0.273. The van der Waals surface area contributed by atoms with Crippen molar-refractivity contribution in [2.24, 2.45) is 0 Å². The van der Waals surface area contributed by atoms with Crippen LogP contribution in [0.4, 0.5) is 4.39 Å². The van der Waals surface area contributed by atoms with Crippen LogP contribution < -0.4 is 5.32 Å². The van der Waals surface area contributed by atoms with E-state index >= 15 is 0 Å². The third-order valence-corrected chi connectivity index (χ3v) is 4.59. The summed E-state index contributed by atoms with van der Waals surface area (Å²) in [5, 5.41) is 2.97. The van der Waals surface area contributed by atoms with Crippen molar-refractivity contribution in [2.75, 3.05) is 20.6 Å². The van der Waals surface area contributed by atoms with Crippen LogP contribution in [0, 0.1) is 12.7 Å². The monoisotopic (exact) mass is 381 g/mol. The molecule has 5 nitrogen and oxygen atoms in total. The first-order valence-electron chi connectivity index (χ1n) is 9.14. The number of hydrogen-bond donors (Lipinski definition) is 1. The minimum absolute atomic E-state index is 0.0754. The summed E-state index contributed by atoms with van der Waals surface area (Å²) in [6, 6.07) is 16.2. The number of aryl methyl sites for hydroxylation is 1. The molecule has 1 amide bonds. The Kier molecular flexibility index (Phi) is 6.21. The normalized spacial score (nSPS) is 12.2. The fourth-order valence-corrected chi connectivity index (χ4v) is 3.04. The zero-order valence-corrected chi connectivity index (χ0v) is 16.3. The highest BCUT2D eigenvalue weighted by Gasteiger charge is 2.18. The fourth-order valence-electron chi connectivity index (χ4n) is 3.04. The number of aromatic nitrogens is 1. The van der Waals surface area contributed by atoms with Crippen molar-refractivity contribution in [1.82, 2.24) is 15.2 Å². The zero-order valence-electron chi connectivity index (χ0n) is 16.3. The smallest absolute Gasteiger partial charge is 0.226 e. The molecule has 3 aromatic rings. The third-order valence-electron chi connectivity index (χ3n) is 4.59. The number of carbonyl (C=O) groups excluding carboxylic acids is 1. The Morgan fingerprint density at radius 1 is 1.18 bits per heavy atom. The molecule has 0 saturated heterocycles. The van der Waals surface area contributed by atoms with Gasteiger partial charge in [-0.15, -0.1) is 0 Å². The van der Waals surface area contributed by atoms with Crippen LogP contribution in [-0.4, -0.2) is 36.4 Å². The van der Waals surface area contributed by atoms with Crippen molar-refractivity contribution in [3.8, 4) is 11.5 Å². The van der Waals surface area contributed by atoms with E-state index in [2.05, 4.69) is 15.2 Å². The molecule has 6 heteroatoms. The van der Waals surface area contributed by atoms with Crippen LogP contribution >= 0.6 is 0 Å². The van der Waals surface area contributed by atoms with Crippen LogP contribution in [0.5, 0.6) is 0 Å². The molecule has 0 aliphatic heterocycles. The SMILES string of the molecule is Cc1oc(-c2cccc(F)c2)nc1CC(=O)NCC(c1ccccc1)N(C)C. The van der Waals surface area contributed by atoms with E-state index in [1.807, 2.05) is 44.4 Å². The van der Waals surface area contributed by atoms with E-state index in [4.69, 9.17) is 4.42 Å². The number of halogens is 1. The highest BCUT2D eigenvalue weighted by Crippen LogP contribution is 2.23. The predicted molar refractivity (Wildman–Crippen MR) is 106 cm³/mol. The summed E-state index contributed by atoms with van der Waals surface area (Å²) in [4.78, 5) is 18.9. The van der Waals surface area contributed by atoms with E-state index < -0.39 is 0 Å². The maximum Gasteiger partial charge on any atom is 0.226 e. The van der Waals surface area contributed by atoms with Crippen molar-refractivity contribution >= 4 is 5.91 Å². The van der Waals surface area contributed by atoms with E-state index in [-0.39, 0.29) is 24.2 Å². The van der Waals surface area contributed by atoms with Gasteiger partial charge in [-0.3, -0.25) is 4.79 Å². The van der Waals surface area contributed by atoms with Crippen molar-refractivity contribution in [2.45, 2.75) is 19.4 Å². The molecule has 0 aliphatic rings. The quantitative estimate of drug-likeness (QED) is 0.677. The summed E-state index contributed by atoms with van der Waals surface area (Å²) in [5.41, 5.74) is 2.24. The molecule has 0 aliphatic carbocycles. The van der Waals surface area contributed by atoms with Crippen LogP contribution in [-0.2, 0) is 11.2 Å². The molecule has 0 saturated carbocycles. The summed E-state index contributed by atoms with van der Waals surface area (Å²) >= 11 is 0. The lowest BCUT2D eigenvalue weighted by atomic mass is 10.1. The maximum atomic E-state index is 13.4. The number of rotatable bonds is 7. The molecule has 146 valence electrons. The van der Waals surface area contributed by atoms with Gasteiger partial charge >= 0.3 is 0 Å². The van der Waals surface area contributed by atoms with Gasteiger partial charge in [0, 0.05) is 12.1 Å². The molecule has 0 spiro atoms. The Bertz CT molecular complexity index is 938. The molecule has 1 N–H and O–H groups in total. The summed E-state index contributed by atoms with van der Waals surface area (Å²) < 4.78 is 19.0. The highest BCUT2D eigenvalue weighted by atomic mass is 19.1. The Hall–Kier alpha value is -2.99. The molecule has 1 heterocycles. The first-order valence-corrected chi connectivity index (χ1v) is 9.14. The van der Waals surface area contributed by atoms with E-state index in [0.717, 1.165) is 5.56 Å². The van der Waals surface area contributed by atoms with Gasteiger partial charge in [0.15, 0.2) is 0 Å². The predicted octanol–water partition coefficient (Wildman–Crippen LogP) is 3.75. The first kappa shape index (κ1) is 19.8. The van der Waals surface area contributed by atoms with Crippen LogP contribution in [0.15, 0.2) is 59.0 Å². The molecular formula is C22H24FN3O2. The minimum Gasteiger partial charge on any atom is -0.441 e. The van der Waals surface area contributed by atoms with Gasteiger partial charge in [-0.05, 0) is 44.8 Å². The zero-order chi connectivity index (χ0) is 20.1.